The number of halogens is 1. The summed E-state index contributed by atoms with van der Waals surface area (Å²) in [5, 5.41) is 2.56. The number of carbonyl (C=O) groups excluding carboxylic acids is 2. The number of carbonyl (C=O) groups is 2. The van der Waals surface area contributed by atoms with Gasteiger partial charge in [0.15, 0.2) is 5.78 Å². The quantitative estimate of drug-likeness (QED) is 0.599. The van der Waals surface area contributed by atoms with Crippen LogP contribution in [-0.2, 0) is 9.53 Å². The monoisotopic (exact) mass is 275 g/mol. The SMILES string of the molecule is C=C(CCl)CCC(NC(=O)OC(C)(C)C)C(C)=O. The molecule has 1 N–H and O–H groups in total. The van der Waals surface area contributed by atoms with Crippen LogP contribution in [0.15, 0.2) is 12.2 Å². The van der Waals surface area contributed by atoms with Gasteiger partial charge in [0.25, 0.3) is 0 Å². The Bertz CT molecular complexity index is 321. The average molecular weight is 276 g/mol. The van der Waals surface area contributed by atoms with Gasteiger partial charge in [-0.3, -0.25) is 4.79 Å². The smallest absolute Gasteiger partial charge is 0.408 e. The second-order valence-electron chi connectivity index (χ2n) is 5.23. The molecule has 104 valence electrons. The second-order valence-corrected chi connectivity index (χ2v) is 5.50. The Balaban J connectivity index is 4.32. The number of hydrogen-bond donors (Lipinski definition) is 1. The van der Waals surface area contributed by atoms with Crippen LogP contribution in [0.1, 0.15) is 40.5 Å². The highest BCUT2D eigenvalue weighted by Crippen LogP contribution is 2.10. The van der Waals surface area contributed by atoms with Gasteiger partial charge in [-0.15, -0.1) is 11.6 Å². The predicted octanol–water partition coefficient (Wildman–Crippen LogP) is 3.04. The van der Waals surface area contributed by atoms with Gasteiger partial charge in [0, 0.05) is 5.88 Å². The standard InChI is InChI=1S/C13H22ClNO3/c1-9(8-14)6-7-11(10(2)16)15-12(17)18-13(3,4)5/h11H,1,6-8H2,2-5H3,(H,15,17). The van der Waals surface area contributed by atoms with Crippen LogP contribution in [0.25, 0.3) is 0 Å². The van der Waals surface area contributed by atoms with E-state index < -0.39 is 17.7 Å². The highest BCUT2D eigenvalue weighted by molar-refractivity contribution is 6.19. The van der Waals surface area contributed by atoms with Crippen LogP contribution < -0.4 is 5.32 Å². The summed E-state index contributed by atoms with van der Waals surface area (Å²) in [6.07, 6.45) is 0.503. The van der Waals surface area contributed by atoms with Crippen LogP contribution in [0.5, 0.6) is 0 Å². The van der Waals surface area contributed by atoms with Gasteiger partial charge in [-0.2, -0.15) is 0 Å². The fraction of sp³-hybridized carbons (Fsp3) is 0.692. The minimum absolute atomic E-state index is 0.108. The van der Waals surface area contributed by atoms with Crippen molar-refractivity contribution in [2.45, 2.75) is 52.2 Å². The maximum atomic E-state index is 11.6. The van der Waals surface area contributed by atoms with Crippen LogP contribution in [0.2, 0.25) is 0 Å². The number of ketones is 1. The molecule has 0 aliphatic heterocycles. The number of alkyl carbamates (subject to hydrolysis) is 1. The summed E-state index contributed by atoms with van der Waals surface area (Å²) >= 11 is 5.61. The molecule has 0 radical (unpaired) electrons. The van der Waals surface area contributed by atoms with Gasteiger partial charge in [-0.25, -0.2) is 4.79 Å². The van der Waals surface area contributed by atoms with Crippen molar-refractivity contribution in [3.63, 3.8) is 0 Å². The van der Waals surface area contributed by atoms with E-state index in [1.165, 1.54) is 6.92 Å². The zero-order chi connectivity index (χ0) is 14.3. The van der Waals surface area contributed by atoms with E-state index in [1.807, 2.05) is 0 Å². The molecular formula is C13H22ClNO3. The molecule has 0 aliphatic carbocycles. The normalized spacial score (nSPS) is 12.7. The third-order valence-corrected chi connectivity index (χ3v) is 2.54. The molecule has 0 saturated carbocycles. The molecule has 0 bridgehead atoms. The molecular weight excluding hydrogens is 254 g/mol. The number of ether oxygens (including phenoxy) is 1. The molecule has 0 aromatic carbocycles. The molecule has 0 aromatic rings. The maximum Gasteiger partial charge on any atom is 0.408 e. The van der Waals surface area contributed by atoms with Gasteiger partial charge in [0.05, 0.1) is 6.04 Å². The fourth-order valence-corrected chi connectivity index (χ4v) is 1.38. The third kappa shape index (κ3) is 8.12. The molecule has 4 nitrogen and oxygen atoms in total. The molecule has 0 fully saturated rings. The Labute approximate surface area is 114 Å². The summed E-state index contributed by atoms with van der Waals surface area (Å²) in [5.41, 5.74) is 0.263. The summed E-state index contributed by atoms with van der Waals surface area (Å²) in [4.78, 5) is 23.0. The number of nitrogens with one attached hydrogen (secondary N) is 1. The molecule has 1 atom stereocenters. The van der Waals surface area contributed by atoms with Crippen molar-refractivity contribution in [3.8, 4) is 0 Å². The molecule has 0 aliphatic rings. The Kier molecular flexibility index (Phi) is 6.99. The maximum absolute atomic E-state index is 11.6. The Hall–Kier alpha value is -1.03. The summed E-state index contributed by atoms with van der Waals surface area (Å²) in [7, 11) is 0. The van der Waals surface area contributed by atoms with E-state index in [0.29, 0.717) is 18.7 Å². The first-order valence-corrected chi connectivity index (χ1v) is 6.41. The molecule has 18 heavy (non-hydrogen) atoms. The Morgan fingerprint density at radius 3 is 2.33 bits per heavy atom. The van der Waals surface area contributed by atoms with E-state index in [9.17, 15) is 9.59 Å². The van der Waals surface area contributed by atoms with Crippen molar-refractivity contribution in [1.29, 1.82) is 0 Å². The van der Waals surface area contributed by atoms with Crippen molar-refractivity contribution in [1.82, 2.24) is 5.32 Å². The Morgan fingerprint density at radius 2 is 1.94 bits per heavy atom. The molecule has 0 spiro atoms. The van der Waals surface area contributed by atoms with Crippen LogP contribution >= 0.6 is 11.6 Å². The van der Waals surface area contributed by atoms with E-state index >= 15 is 0 Å². The second kappa shape index (κ2) is 7.41. The number of Topliss-reactive ketones (excluding diaryl/α,β-unsaturated/α-hetero) is 1. The molecule has 0 rings (SSSR count). The first kappa shape index (κ1) is 17.0. The van der Waals surface area contributed by atoms with Gasteiger partial charge in [0.2, 0.25) is 0 Å². The number of allylic oxidation sites excluding steroid dienone is 1. The Morgan fingerprint density at radius 1 is 1.39 bits per heavy atom. The fourth-order valence-electron chi connectivity index (χ4n) is 1.24. The number of hydrogen-bond acceptors (Lipinski definition) is 3. The number of amides is 1. The van der Waals surface area contributed by atoms with Gasteiger partial charge >= 0.3 is 6.09 Å². The topological polar surface area (TPSA) is 55.4 Å². The van der Waals surface area contributed by atoms with Crippen LogP contribution in [0.4, 0.5) is 4.79 Å². The van der Waals surface area contributed by atoms with E-state index in [1.54, 1.807) is 20.8 Å². The molecule has 0 heterocycles. The lowest BCUT2D eigenvalue weighted by Crippen LogP contribution is -2.42. The first-order valence-electron chi connectivity index (χ1n) is 5.88. The van der Waals surface area contributed by atoms with E-state index in [2.05, 4.69) is 11.9 Å². The largest absolute Gasteiger partial charge is 0.444 e. The zero-order valence-corrected chi connectivity index (χ0v) is 12.3. The summed E-state index contributed by atoms with van der Waals surface area (Å²) in [6.45, 7) is 10.5. The molecule has 1 amide bonds. The minimum atomic E-state index is -0.584. The summed E-state index contributed by atoms with van der Waals surface area (Å²) in [5.74, 6) is 0.250. The molecule has 0 aromatic heterocycles. The minimum Gasteiger partial charge on any atom is -0.444 e. The average Bonchev–Trinajstić information content (AvgIpc) is 2.20. The highest BCUT2D eigenvalue weighted by Gasteiger charge is 2.21. The first-order chi connectivity index (χ1) is 8.15. The van der Waals surface area contributed by atoms with Crippen LogP contribution in [0, 0.1) is 0 Å². The van der Waals surface area contributed by atoms with Crippen molar-refractivity contribution in [3.05, 3.63) is 12.2 Å². The molecule has 0 saturated heterocycles. The number of rotatable bonds is 6. The van der Waals surface area contributed by atoms with Gasteiger partial charge in [-0.1, -0.05) is 12.2 Å². The third-order valence-electron chi connectivity index (χ3n) is 2.16. The van der Waals surface area contributed by atoms with Crippen molar-refractivity contribution < 1.29 is 14.3 Å². The molecule has 1 unspecified atom stereocenters. The van der Waals surface area contributed by atoms with Crippen molar-refractivity contribution in [2.24, 2.45) is 0 Å². The van der Waals surface area contributed by atoms with Crippen molar-refractivity contribution >= 4 is 23.5 Å². The number of alkyl halides is 1. The summed E-state index contributed by atoms with van der Waals surface area (Å²) in [6, 6.07) is -0.556. The lowest BCUT2D eigenvalue weighted by atomic mass is 10.0. The lowest BCUT2D eigenvalue weighted by Gasteiger charge is -2.22. The van der Waals surface area contributed by atoms with Crippen LogP contribution in [-0.4, -0.2) is 29.4 Å². The van der Waals surface area contributed by atoms with E-state index in [-0.39, 0.29) is 5.78 Å². The highest BCUT2D eigenvalue weighted by atomic mass is 35.5. The van der Waals surface area contributed by atoms with Gasteiger partial charge in [-0.05, 0) is 40.5 Å². The predicted molar refractivity (Wildman–Crippen MR) is 72.9 cm³/mol. The van der Waals surface area contributed by atoms with Crippen molar-refractivity contribution in [2.75, 3.05) is 5.88 Å². The molecule has 5 heteroatoms. The lowest BCUT2D eigenvalue weighted by molar-refractivity contribution is -0.119. The van der Waals surface area contributed by atoms with Gasteiger partial charge in [0.1, 0.15) is 5.60 Å². The van der Waals surface area contributed by atoms with E-state index in [4.69, 9.17) is 16.3 Å². The van der Waals surface area contributed by atoms with E-state index in [0.717, 1.165) is 5.57 Å². The summed E-state index contributed by atoms with van der Waals surface area (Å²) < 4.78 is 5.10. The van der Waals surface area contributed by atoms with Crippen LogP contribution in [0.3, 0.4) is 0 Å². The van der Waals surface area contributed by atoms with Gasteiger partial charge < -0.3 is 10.1 Å². The zero-order valence-electron chi connectivity index (χ0n) is 11.5.